The highest BCUT2D eigenvalue weighted by atomic mass is 32.1. The number of benzene rings is 1. The Bertz CT molecular complexity index is 883. The summed E-state index contributed by atoms with van der Waals surface area (Å²) >= 11 is 1.50. The van der Waals surface area contributed by atoms with Gasteiger partial charge in [-0.1, -0.05) is 6.92 Å². The molecule has 1 aromatic heterocycles. The summed E-state index contributed by atoms with van der Waals surface area (Å²) in [4.78, 5) is 26.6. The van der Waals surface area contributed by atoms with Gasteiger partial charge in [-0.25, -0.2) is 0 Å². The van der Waals surface area contributed by atoms with Crippen molar-refractivity contribution in [1.29, 1.82) is 0 Å². The van der Waals surface area contributed by atoms with Crippen LogP contribution in [0.15, 0.2) is 18.2 Å². The lowest BCUT2D eigenvalue weighted by Crippen LogP contribution is -2.42. The highest BCUT2D eigenvalue weighted by molar-refractivity contribution is 7.14. The zero-order valence-electron chi connectivity index (χ0n) is 17.1. The first-order valence-corrected chi connectivity index (χ1v) is 10.3. The van der Waals surface area contributed by atoms with Gasteiger partial charge in [0.15, 0.2) is 11.5 Å². The van der Waals surface area contributed by atoms with Crippen LogP contribution in [0.5, 0.6) is 17.2 Å². The molecule has 7 nitrogen and oxygen atoms in total. The minimum absolute atomic E-state index is 0.0510. The van der Waals surface area contributed by atoms with Crippen molar-refractivity contribution in [2.75, 3.05) is 21.3 Å². The average molecular weight is 419 g/mol. The molecule has 0 fully saturated rings. The molecule has 0 aliphatic heterocycles. The van der Waals surface area contributed by atoms with Crippen molar-refractivity contribution in [3.8, 4) is 17.2 Å². The van der Waals surface area contributed by atoms with Crippen molar-refractivity contribution in [3.05, 3.63) is 39.1 Å². The second-order valence-electron chi connectivity index (χ2n) is 7.12. The molecule has 0 radical (unpaired) electrons. The molecule has 0 saturated carbocycles. The summed E-state index contributed by atoms with van der Waals surface area (Å²) in [5.74, 6) is 1.40. The van der Waals surface area contributed by atoms with E-state index in [-0.39, 0.29) is 18.2 Å². The molecule has 29 heavy (non-hydrogen) atoms. The molecule has 0 bridgehead atoms. The van der Waals surface area contributed by atoms with Gasteiger partial charge in [-0.05, 0) is 54.5 Å². The van der Waals surface area contributed by atoms with Crippen LogP contribution < -0.4 is 25.1 Å². The first kappa shape index (κ1) is 21.0. The lowest BCUT2D eigenvalue weighted by molar-refractivity contribution is -0.121. The Hall–Kier alpha value is -2.74. The number of rotatable bonds is 6. The molecule has 0 spiro atoms. The van der Waals surface area contributed by atoms with Crippen molar-refractivity contribution >= 4 is 23.2 Å². The Labute approximate surface area is 174 Å². The number of carbonyl (C=O) groups is 2. The maximum atomic E-state index is 12.4. The van der Waals surface area contributed by atoms with Crippen LogP contribution in [-0.4, -0.2) is 33.1 Å². The topological polar surface area (TPSA) is 85.9 Å². The second-order valence-corrected chi connectivity index (χ2v) is 8.26. The average Bonchev–Trinajstić information content (AvgIpc) is 3.14. The van der Waals surface area contributed by atoms with Crippen molar-refractivity contribution < 1.29 is 23.8 Å². The second kappa shape index (κ2) is 9.17. The standard InChI is InChI=1S/C21H26N2O5S/c1-12-5-6-17-14(7-12)11-18(29-17)21(25)23-22-19(24)10-13-8-15(26-2)20(28-4)16(9-13)27-3/h8-9,11-12H,5-7,10H2,1-4H3,(H,22,24)(H,23,25)/t12-/m0/s1. The summed E-state index contributed by atoms with van der Waals surface area (Å²) in [7, 11) is 4.55. The summed E-state index contributed by atoms with van der Waals surface area (Å²) in [6.07, 6.45) is 3.23. The van der Waals surface area contributed by atoms with Crippen LogP contribution >= 0.6 is 11.3 Å². The van der Waals surface area contributed by atoms with Gasteiger partial charge in [-0.15, -0.1) is 11.3 Å². The Morgan fingerprint density at radius 1 is 1.07 bits per heavy atom. The number of thiophene rings is 1. The number of ether oxygens (including phenoxy) is 3. The van der Waals surface area contributed by atoms with Crippen molar-refractivity contribution in [1.82, 2.24) is 10.9 Å². The molecule has 156 valence electrons. The first-order chi connectivity index (χ1) is 13.9. The van der Waals surface area contributed by atoms with E-state index in [0.717, 1.165) is 19.3 Å². The van der Waals surface area contributed by atoms with Gasteiger partial charge in [0.2, 0.25) is 11.7 Å². The largest absolute Gasteiger partial charge is 0.493 e. The van der Waals surface area contributed by atoms with Gasteiger partial charge in [0, 0.05) is 4.88 Å². The molecule has 1 aliphatic carbocycles. The number of methoxy groups -OCH3 is 3. The van der Waals surface area contributed by atoms with E-state index in [1.54, 1.807) is 12.1 Å². The Kier molecular flexibility index (Phi) is 6.64. The van der Waals surface area contributed by atoms with Gasteiger partial charge in [0.05, 0.1) is 32.6 Å². The Morgan fingerprint density at radius 2 is 1.76 bits per heavy atom. The zero-order chi connectivity index (χ0) is 21.0. The van der Waals surface area contributed by atoms with Crippen LogP contribution in [0.3, 0.4) is 0 Å². The predicted octanol–water partition coefficient (Wildman–Crippen LogP) is 2.90. The van der Waals surface area contributed by atoms with Gasteiger partial charge >= 0.3 is 0 Å². The molecular formula is C21H26N2O5S. The molecule has 3 rings (SSSR count). The number of amides is 2. The quantitative estimate of drug-likeness (QED) is 0.705. The van der Waals surface area contributed by atoms with E-state index in [1.807, 2.05) is 6.07 Å². The Balaban J connectivity index is 1.61. The van der Waals surface area contributed by atoms with Gasteiger partial charge in [0.25, 0.3) is 5.91 Å². The first-order valence-electron chi connectivity index (χ1n) is 9.44. The molecular weight excluding hydrogens is 392 g/mol. The summed E-state index contributed by atoms with van der Waals surface area (Å²) in [6.45, 7) is 2.23. The number of fused-ring (bicyclic) bond motifs is 1. The molecule has 1 aliphatic rings. The van der Waals surface area contributed by atoms with E-state index in [2.05, 4.69) is 17.8 Å². The molecule has 1 heterocycles. The smallest absolute Gasteiger partial charge is 0.279 e. The maximum Gasteiger partial charge on any atom is 0.279 e. The normalized spacial score (nSPS) is 15.2. The fourth-order valence-corrected chi connectivity index (χ4v) is 4.58. The fourth-order valence-electron chi connectivity index (χ4n) is 3.47. The van der Waals surface area contributed by atoms with Crippen LogP contribution in [0.25, 0.3) is 0 Å². The summed E-state index contributed by atoms with van der Waals surface area (Å²) in [5.41, 5.74) is 6.91. The van der Waals surface area contributed by atoms with Crippen LogP contribution in [0.2, 0.25) is 0 Å². The molecule has 2 aromatic rings. The highest BCUT2D eigenvalue weighted by Crippen LogP contribution is 2.38. The van der Waals surface area contributed by atoms with Crippen LogP contribution in [0.1, 0.15) is 39.0 Å². The summed E-state index contributed by atoms with van der Waals surface area (Å²) < 4.78 is 15.9. The van der Waals surface area contributed by atoms with Crippen LogP contribution in [0, 0.1) is 5.92 Å². The molecule has 0 saturated heterocycles. The van der Waals surface area contributed by atoms with E-state index in [1.165, 1.54) is 43.1 Å². The summed E-state index contributed by atoms with van der Waals surface area (Å²) in [5, 5.41) is 0. The SMILES string of the molecule is COc1cc(CC(=O)NNC(=O)c2cc3c(s2)CC[C@H](C)C3)cc(OC)c1OC. The third-order valence-corrected chi connectivity index (χ3v) is 6.19. The monoisotopic (exact) mass is 418 g/mol. The predicted molar refractivity (Wildman–Crippen MR) is 111 cm³/mol. The number of nitrogens with one attached hydrogen (secondary N) is 2. The van der Waals surface area contributed by atoms with E-state index >= 15 is 0 Å². The van der Waals surface area contributed by atoms with E-state index in [4.69, 9.17) is 14.2 Å². The minimum Gasteiger partial charge on any atom is -0.493 e. The van der Waals surface area contributed by atoms with E-state index in [9.17, 15) is 9.59 Å². The lowest BCUT2D eigenvalue weighted by atomic mass is 9.90. The lowest BCUT2D eigenvalue weighted by Gasteiger charge is -2.16. The molecule has 2 amide bonds. The molecule has 1 aromatic carbocycles. The van der Waals surface area contributed by atoms with Gasteiger partial charge < -0.3 is 14.2 Å². The summed E-state index contributed by atoms with van der Waals surface area (Å²) in [6, 6.07) is 5.35. The zero-order valence-corrected chi connectivity index (χ0v) is 17.9. The number of aryl methyl sites for hydroxylation is 1. The van der Waals surface area contributed by atoms with E-state index < -0.39 is 0 Å². The molecule has 8 heteroatoms. The molecule has 1 atom stereocenters. The van der Waals surface area contributed by atoms with Crippen molar-refractivity contribution in [3.63, 3.8) is 0 Å². The van der Waals surface area contributed by atoms with Crippen LogP contribution in [0.4, 0.5) is 0 Å². The van der Waals surface area contributed by atoms with E-state index in [0.29, 0.717) is 33.6 Å². The fraction of sp³-hybridized carbons (Fsp3) is 0.429. The van der Waals surface area contributed by atoms with Gasteiger partial charge in [-0.3, -0.25) is 20.4 Å². The van der Waals surface area contributed by atoms with Crippen LogP contribution in [-0.2, 0) is 24.1 Å². The van der Waals surface area contributed by atoms with Gasteiger partial charge in [-0.2, -0.15) is 0 Å². The third-order valence-electron chi connectivity index (χ3n) is 4.96. The molecule has 2 N–H and O–H groups in total. The van der Waals surface area contributed by atoms with Gasteiger partial charge in [0.1, 0.15) is 0 Å². The number of hydrogen-bond donors (Lipinski definition) is 2. The van der Waals surface area contributed by atoms with Crippen molar-refractivity contribution in [2.24, 2.45) is 5.92 Å². The van der Waals surface area contributed by atoms with Crippen molar-refractivity contribution in [2.45, 2.75) is 32.6 Å². The highest BCUT2D eigenvalue weighted by Gasteiger charge is 2.21. The molecule has 0 unspecified atom stereocenters. The maximum absolute atomic E-state index is 12.4. The number of hydrazine groups is 1. The number of hydrogen-bond acceptors (Lipinski definition) is 6. The Morgan fingerprint density at radius 3 is 2.38 bits per heavy atom. The third kappa shape index (κ3) is 4.82. The number of carbonyl (C=O) groups excluding carboxylic acids is 2. The minimum atomic E-state index is -0.345.